The molecule has 0 N–H and O–H groups in total. The average molecular weight is 230 g/mol. The number of imidazole rings is 1. The summed E-state index contributed by atoms with van der Waals surface area (Å²) in [6, 6.07) is 6.13. The minimum absolute atomic E-state index is 0.454. The van der Waals surface area contributed by atoms with Gasteiger partial charge in [0.1, 0.15) is 5.75 Å². The SMILES string of the molecule is COc1ccc(-n2cnc(C(C)C)c2)cc1C. The number of methoxy groups -OCH3 is 1. The zero-order valence-electron chi connectivity index (χ0n) is 10.8. The van der Waals surface area contributed by atoms with E-state index in [1.165, 1.54) is 0 Å². The third-order valence-electron chi connectivity index (χ3n) is 2.87. The van der Waals surface area contributed by atoms with Crippen LogP contribution in [0.3, 0.4) is 0 Å². The first-order valence-corrected chi connectivity index (χ1v) is 5.80. The topological polar surface area (TPSA) is 27.1 Å². The molecule has 0 atom stereocenters. The van der Waals surface area contributed by atoms with Gasteiger partial charge < -0.3 is 9.30 Å². The second kappa shape index (κ2) is 4.62. The first kappa shape index (κ1) is 11.7. The first-order chi connectivity index (χ1) is 8.11. The predicted molar refractivity (Wildman–Crippen MR) is 68.9 cm³/mol. The molecule has 2 rings (SSSR count). The molecule has 3 nitrogen and oxygen atoms in total. The van der Waals surface area contributed by atoms with Gasteiger partial charge in [-0.1, -0.05) is 13.8 Å². The Morgan fingerprint density at radius 2 is 2.06 bits per heavy atom. The summed E-state index contributed by atoms with van der Waals surface area (Å²) in [4.78, 5) is 4.40. The van der Waals surface area contributed by atoms with Gasteiger partial charge in [0.15, 0.2) is 0 Å². The Labute approximate surface area is 102 Å². The summed E-state index contributed by atoms with van der Waals surface area (Å²) < 4.78 is 7.30. The summed E-state index contributed by atoms with van der Waals surface area (Å²) in [6.07, 6.45) is 3.93. The molecule has 0 radical (unpaired) electrons. The van der Waals surface area contributed by atoms with Gasteiger partial charge in [-0.05, 0) is 36.6 Å². The number of aromatic nitrogens is 2. The smallest absolute Gasteiger partial charge is 0.121 e. The van der Waals surface area contributed by atoms with E-state index in [0.717, 1.165) is 22.7 Å². The highest BCUT2D eigenvalue weighted by molar-refractivity contribution is 5.43. The summed E-state index contributed by atoms with van der Waals surface area (Å²) >= 11 is 0. The first-order valence-electron chi connectivity index (χ1n) is 5.80. The highest BCUT2D eigenvalue weighted by atomic mass is 16.5. The predicted octanol–water partition coefficient (Wildman–Crippen LogP) is 3.31. The lowest BCUT2D eigenvalue weighted by molar-refractivity contribution is 0.411. The van der Waals surface area contributed by atoms with Gasteiger partial charge in [-0.25, -0.2) is 4.98 Å². The lowest BCUT2D eigenvalue weighted by Gasteiger charge is -2.07. The molecule has 1 aromatic heterocycles. The van der Waals surface area contributed by atoms with Crippen molar-refractivity contribution >= 4 is 0 Å². The van der Waals surface area contributed by atoms with E-state index in [2.05, 4.69) is 31.1 Å². The average Bonchev–Trinajstić information content (AvgIpc) is 2.78. The van der Waals surface area contributed by atoms with Crippen LogP contribution in [-0.2, 0) is 0 Å². The molecule has 0 amide bonds. The molecule has 1 aromatic carbocycles. The Morgan fingerprint density at radius 3 is 2.59 bits per heavy atom. The molecule has 2 aromatic rings. The van der Waals surface area contributed by atoms with Gasteiger partial charge in [-0.2, -0.15) is 0 Å². The molecule has 0 aliphatic heterocycles. The fourth-order valence-electron chi connectivity index (χ4n) is 1.80. The second-order valence-electron chi connectivity index (χ2n) is 4.51. The molecule has 0 saturated heterocycles. The lowest BCUT2D eigenvalue weighted by Crippen LogP contribution is -1.93. The lowest BCUT2D eigenvalue weighted by atomic mass is 10.1. The molecule has 0 spiro atoms. The highest BCUT2D eigenvalue weighted by Crippen LogP contribution is 2.21. The molecule has 0 aliphatic carbocycles. The molecular weight excluding hydrogens is 212 g/mol. The van der Waals surface area contributed by atoms with E-state index in [1.807, 2.05) is 30.0 Å². The van der Waals surface area contributed by atoms with Crippen molar-refractivity contribution in [3.8, 4) is 11.4 Å². The fourth-order valence-corrected chi connectivity index (χ4v) is 1.80. The molecule has 0 saturated carbocycles. The van der Waals surface area contributed by atoms with Gasteiger partial charge in [0.25, 0.3) is 0 Å². The van der Waals surface area contributed by atoms with E-state index in [4.69, 9.17) is 4.74 Å². The van der Waals surface area contributed by atoms with Crippen molar-refractivity contribution in [1.29, 1.82) is 0 Å². The van der Waals surface area contributed by atoms with Crippen molar-refractivity contribution in [1.82, 2.24) is 9.55 Å². The third kappa shape index (κ3) is 2.33. The van der Waals surface area contributed by atoms with Gasteiger partial charge in [0, 0.05) is 11.9 Å². The van der Waals surface area contributed by atoms with Crippen molar-refractivity contribution in [2.75, 3.05) is 7.11 Å². The summed E-state index contributed by atoms with van der Waals surface area (Å²) in [5.74, 6) is 1.37. The molecule has 0 fully saturated rings. The maximum absolute atomic E-state index is 5.25. The Morgan fingerprint density at radius 1 is 1.29 bits per heavy atom. The fraction of sp³-hybridized carbons (Fsp3) is 0.357. The standard InChI is InChI=1S/C14H18N2O/c1-10(2)13-8-16(9-15-13)12-5-6-14(17-4)11(3)7-12/h5-10H,1-4H3. The summed E-state index contributed by atoms with van der Waals surface area (Å²) in [5, 5.41) is 0. The van der Waals surface area contributed by atoms with Gasteiger partial charge in [-0.15, -0.1) is 0 Å². The van der Waals surface area contributed by atoms with Crippen LogP contribution in [0.5, 0.6) is 5.75 Å². The molecule has 17 heavy (non-hydrogen) atoms. The van der Waals surface area contributed by atoms with Crippen LogP contribution < -0.4 is 4.74 Å². The quantitative estimate of drug-likeness (QED) is 0.808. The van der Waals surface area contributed by atoms with Gasteiger partial charge in [0.05, 0.1) is 19.1 Å². The largest absolute Gasteiger partial charge is 0.496 e. The molecule has 0 bridgehead atoms. The van der Waals surface area contributed by atoms with Gasteiger partial charge >= 0.3 is 0 Å². The number of rotatable bonds is 3. The van der Waals surface area contributed by atoms with E-state index in [1.54, 1.807) is 7.11 Å². The van der Waals surface area contributed by atoms with E-state index < -0.39 is 0 Å². The van der Waals surface area contributed by atoms with Crippen molar-refractivity contribution < 1.29 is 4.74 Å². The molecule has 0 aliphatic rings. The molecular formula is C14H18N2O. The van der Waals surface area contributed by atoms with Crippen LogP contribution in [0.25, 0.3) is 5.69 Å². The van der Waals surface area contributed by atoms with E-state index in [9.17, 15) is 0 Å². The van der Waals surface area contributed by atoms with Crippen molar-refractivity contribution in [3.05, 3.63) is 42.0 Å². The summed E-state index contributed by atoms with van der Waals surface area (Å²) in [6.45, 7) is 6.33. The zero-order valence-corrected chi connectivity index (χ0v) is 10.8. The Hall–Kier alpha value is -1.77. The van der Waals surface area contributed by atoms with Crippen LogP contribution in [0.4, 0.5) is 0 Å². The maximum Gasteiger partial charge on any atom is 0.121 e. The third-order valence-corrected chi connectivity index (χ3v) is 2.87. The minimum atomic E-state index is 0.454. The van der Waals surface area contributed by atoms with Gasteiger partial charge in [0.2, 0.25) is 0 Å². The Balaban J connectivity index is 2.36. The number of aryl methyl sites for hydroxylation is 1. The summed E-state index contributed by atoms with van der Waals surface area (Å²) in [5.41, 5.74) is 3.35. The number of hydrogen-bond acceptors (Lipinski definition) is 2. The monoisotopic (exact) mass is 230 g/mol. The maximum atomic E-state index is 5.25. The van der Waals surface area contributed by atoms with Crippen LogP contribution >= 0.6 is 0 Å². The van der Waals surface area contributed by atoms with E-state index in [0.29, 0.717) is 5.92 Å². The van der Waals surface area contributed by atoms with Crippen LogP contribution in [0.1, 0.15) is 31.0 Å². The molecule has 0 unspecified atom stereocenters. The van der Waals surface area contributed by atoms with E-state index in [-0.39, 0.29) is 0 Å². The van der Waals surface area contributed by atoms with Gasteiger partial charge in [-0.3, -0.25) is 0 Å². The van der Waals surface area contributed by atoms with Crippen LogP contribution in [0.2, 0.25) is 0 Å². The Kier molecular flexibility index (Phi) is 3.18. The molecule has 1 heterocycles. The van der Waals surface area contributed by atoms with Crippen LogP contribution in [0, 0.1) is 6.92 Å². The molecule has 90 valence electrons. The molecule has 3 heteroatoms. The summed E-state index contributed by atoms with van der Waals surface area (Å²) in [7, 11) is 1.69. The van der Waals surface area contributed by atoms with Crippen molar-refractivity contribution in [2.24, 2.45) is 0 Å². The number of ether oxygens (including phenoxy) is 1. The minimum Gasteiger partial charge on any atom is -0.496 e. The normalized spacial score (nSPS) is 10.9. The second-order valence-corrected chi connectivity index (χ2v) is 4.51. The van der Waals surface area contributed by atoms with Crippen molar-refractivity contribution in [3.63, 3.8) is 0 Å². The van der Waals surface area contributed by atoms with E-state index >= 15 is 0 Å². The van der Waals surface area contributed by atoms with Crippen molar-refractivity contribution in [2.45, 2.75) is 26.7 Å². The van der Waals surface area contributed by atoms with Crippen LogP contribution in [-0.4, -0.2) is 16.7 Å². The van der Waals surface area contributed by atoms with Crippen LogP contribution in [0.15, 0.2) is 30.7 Å². The Bertz CT molecular complexity index is 515. The highest BCUT2D eigenvalue weighted by Gasteiger charge is 2.06. The number of hydrogen-bond donors (Lipinski definition) is 0. The zero-order chi connectivity index (χ0) is 12.4. The number of nitrogens with zero attached hydrogens (tertiary/aromatic N) is 2. The number of benzene rings is 1.